The van der Waals surface area contributed by atoms with Crippen molar-refractivity contribution in [2.45, 2.75) is 97.2 Å². The molecule has 8 heteroatoms. The molecule has 2 aliphatic rings. The zero-order valence-corrected chi connectivity index (χ0v) is 23.2. The molecule has 0 radical (unpaired) electrons. The van der Waals surface area contributed by atoms with Gasteiger partial charge in [-0.2, -0.15) is 4.99 Å². The van der Waals surface area contributed by atoms with Gasteiger partial charge >= 0.3 is 5.97 Å². The van der Waals surface area contributed by atoms with Crippen LogP contribution in [0.3, 0.4) is 0 Å². The van der Waals surface area contributed by atoms with Crippen LogP contribution in [0.2, 0.25) is 0 Å². The van der Waals surface area contributed by atoms with Crippen LogP contribution in [0.25, 0.3) is 0 Å². The van der Waals surface area contributed by atoms with Crippen molar-refractivity contribution >= 4 is 17.8 Å². The molecule has 1 aromatic heterocycles. The summed E-state index contributed by atoms with van der Waals surface area (Å²) < 4.78 is 6.22. The van der Waals surface area contributed by atoms with Crippen molar-refractivity contribution in [2.24, 2.45) is 16.6 Å². The summed E-state index contributed by atoms with van der Waals surface area (Å²) in [7, 11) is 0. The van der Waals surface area contributed by atoms with Crippen molar-refractivity contribution < 1.29 is 19.7 Å². The first kappa shape index (κ1) is 27.8. The number of esters is 1. The van der Waals surface area contributed by atoms with Gasteiger partial charge < -0.3 is 20.7 Å². The molecule has 4 N–H and O–H groups in total. The summed E-state index contributed by atoms with van der Waals surface area (Å²) in [6, 6.07) is 7.93. The molecule has 204 valence electrons. The molecule has 0 spiro atoms. The zero-order chi connectivity index (χ0) is 27.7. The maximum Gasteiger partial charge on any atom is 0.338 e. The maximum atomic E-state index is 13.3. The van der Waals surface area contributed by atoms with E-state index in [1.807, 2.05) is 39.0 Å². The predicted molar refractivity (Wildman–Crippen MR) is 147 cm³/mol. The van der Waals surface area contributed by atoms with E-state index in [0.717, 1.165) is 53.8 Å². The molecule has 4 rings (SSSR count). The van der Waals surface area contributed by atoms with Crippen molar-refractivity contribution in [2.75, 3.05) is 0 Å². The van der Waals surface area contributed by atoms with Crippen LogP contribution >= 0.6 is 0 Å². The van der Waals surface area contributed by atoms with Crippen LogP contribution in [0.1, 0.15) is 86.9 Å². The second-order valence-electron chi connectivity index (χ2n) is 11.5. The second kappa shape index (κ2) is 10.8. The fraction of sp³-hybridized carbons (Fsp3) is 0.533. The first-order chi connectivity index (χ1) is 17.9. The Kier molecular flexibility index (Phi) is 7.93. The third kappa shape index (κ3) is 6.23. The molecule has 1 aliphatic carbocycles. The van der Waals surface area contributed by atoms with Crippen molar-refractivity contribution in [1.29, 1.82) is 0 Å². The predicted octanol–water partition coefficient (Wildman–Crippen LogP) is 5.33. The molecular weight excluding hydrogens is 480 g/mol. The summed E-state index contributed by atoms with van der Waals surface area (Å²) in [5.41, 5.74) is 9.20. The van der Waals surface area contributed by atoms with Crippen LogP contribution in [-0.2, 0) is 21.6 Å². The van der Waals surface area contributed by atoms with Crippen LogP contribution in [0.4, 0.5) is 5.95 Å². The Bertz CT molecular complexity index is 1250. The molecular formula is C30H40N4O4. The van der Waals surface area contributed by atoms with E-state index < -0.39 is 17.2 Å². The molecule has 0 bridgehead atoms. The number of carbonyl (C=O) groups excluding carboxylic acids is 1. The summed E-state index contributed by atoms with van der Waals surface area (Å²) in [6.07, 6.45) is 5.69. The lowest BCUT2D eigenvalue weighted by Crippen LogP contribution is -2.46. The minimum absolute atomic E-state index is 0.0284. The molecule has 2 heterocycles. The monoisotopic (exact) mass is 520 g/mol. The van der Waals surface area contributed by atoms with Gasteiger partial charge in [0.2, 0.25) is 0 Å². The Balaban J connectivity index is 1.55. The van der Waals surface area contributed by atoms with E-state index in [2.05, 4.69) is 21.0 Å². The molecule has 1 saturated carbocycles. The van der Waals surface area contributed by atoms with Crippen LogP contribution < -0.4 is 5.73 Å². The van der Waals surface area contributed by atoms with E-state index in [0.29, 0.717) is 12.8 Å². The molecule has 1 aliphatic heterocycles. The Morgan fingerprint density at radius 3 is 2.39 bits per heavy atom. The van der Waals surface area contributed by atoms with Gasteiger partial charge in [-0.1, -0.05) is 31.0 Å². The SMILES string of the molecule is Cc1cc(C)nc(/N=C(\N)CC2=C(O)CC(CCc3ccc(C(C)(C)O)c(C)c3)(C3CCCC3)OC2=O)n1. The van der Waals surface area contributed by atoms with E-state index >= 15 is 0 Å². The van der Waals surface area contributed by atoms with Crippen LogP contribution in [0.15, 0.2) is 40.6 Å². The van der Waals surface area contributed by atoms with Crippen molar-refractivity contribution in [1.82, 2.24) is 9.97 Å². The average Bonchev–Trinajstić information content (AvgIpc) is 3.34. The van der Waals surface area contributed by atoms with Gasteiger partial charge in [0.1, 0.15) is 17.2 Å². The lowest BCUT2D eigenvalue weighted by molar-refractivity contribution is -0.167. The molecule has 2 aromatic rings. The molecule has 0 saturated heterocycles. The normalized spacial score (nSPS) is 21.2. The summed E-state index contributed by atoms with van der Waals surface area (Å²) in [6.45, 7) is 9.26. The largest absolute Gasteiger partial charge is 0.512 e. The number of ether oxygens (including phenoxy) is 1. The standard InChI is InChI=1S/C30H40N4O4/c1-18-14-21(10-11-24(18)29(4,5)37)12-13-30(22-8-6-7-9-22)17-25(35)23(27(36)38-30)16-26(31)34-28-32-19(2)15-20(3)33-28/h10-11,14-15,22,35,37H,6-9,12-13,16-17H2,1-5H3,(H2,31,32,33,34). The van der Waals surface area contributed by atoms with Gasteiger partial charge in [-0.3, -0.25) is 0 Å². The first-order valence-electron chi connectivity index (χ1n) is 13.5. The molecule has 1 atom stereocenters. The smallest absolute Gasteiger partial charge is 0.338 e. The third-order valence-corrected chi connectivity index (χ3v) is 7.82. The third-order valence-electron chi connectivity index (χ3n) is 7.82. The molecule has 38 heavy (non-hydrogen) atoms. The summed E-state index contributed by atoms with van der Waals surface area (Å²) in [5, 5.41) is 21.5. The van der Waals surface area contributed by atoms with Crippen molar-refractivity contribution in [3.8, 4) is 0 Å². The summed E-state index contributed by atoms with van der Waals surface area (Å²) >= 11 is 0. The van der Waals surface area contributed by atoms with E-state index in [1.54, 1.807) is 13.8 Å². The van der Waals surface area contributed by atoms with Gasteiger partial charge in [0.25, 0.3) is 5.95 Å². The van der Waals surface area contributed by atoms with Crippen molar-refractivity contribution in [3.63, 3.8) is 0 Å². The number of rotatable bonds is 8. The number of hydrogen-bond acceptors (Lipinski definition) is 7. The Morgan fingerprint density at radius 1 is 1.16 bits per heavy atom. The summed E-state index contributed by atoms with van der Waals surface area (Å²) in [4.78, 5) is 26.1. The van der Waals surface area contributed by atoms with Crippen LogP contribution in [0.5, 0.6) is 0 Å². The number of aryl methyl sites for hydroxylation is 4. The van der Waals surface area contributed by atoms with Crippen LogP contribution in [0, 0.1) is 26.7 Å². The van der Waals surface area contributed by atoms with Gasteiger partial charge in [0, 0.05) is 24.2 Å². The average molecular weight is 521 g/mol. The number of aliphatic hydroxyl groups excluding tert-OH is 1. The highest BCUT2D eigenvalue weighted by Crippen LogP contribution is 2.46. The second-order valence-corrected chi connectivity index (χ2v) is 11.5. The van der Waals surface area contributed by atoms with Crippen LogP contribution in [-0.4, -0.2) is 37.6 Å². The van der Waals surface area contributed by atoms with E-state index in [9.17, 15) is 15.0 Å². The number of hydrogen-bond donors (Lipinski definition) is 3. The Morgan fingerprint density at radius 2 is 1.82 bits per heavy atom. The minimum atomic E-state index is -0.908. The van der Waals surface area contributed by atoms with Crippen molar-refractivity contribution in [3.05, 3.63) is 63.7 Å². The lowest BCUT2D eigenvalue weighted by Gasteiger charge is -2.42. The van der Waals surface area contributed by atoms with Gasteiger partial charge in [0.15, 0.2) is 0 Å². The Labute approximate surface area is 225 Å². The number of aliphatic imine (C=N–C) groups is 1. The highest BCUT2D eigenvalue weighted by molar-refractivity contribution is 5.98. The maximum absolute atomic E-state index is 13.3. The molecule has 1 aromatic carbocycles. The number of amidine groups is 1. The Hall–Kier alpha value is -3.26. The number of carbonyl (C=O) groups is 1. The number of nitrogens with zero attached hydrogens (tertiary/aromatic N) is 3. The number of aromatic nitrogens is 2. The number of nitrogens with two attached hydrogens (primary N) is 1. The van der Waals surface area contributed by atoms with Gasteiger partial charge in [-0.25, -0.2) is 14.8 Å². The zero-order valence-electron chi connectivity index (χ0n) is 23.2. The fourth-order valence-electron chi connectivity index (χ4n) is 6.02. The number of aliphatic hydroxyl groups is 2. The fourth-order valence-corrected chi connectivity index (χ4v) is 6.02. The minimum Gasteiger partial charge on any atom is -0.512 e. The van der Waals surface area contributed by atoms with Gasteiger partial charge in [0.05, 0.1) is 11.2 Å². The molecule has 8 nitrogen and oxygen atoms in total. The van der Waals surface area contributed by atoms with E-state index in [4.69, 9.17) is 10.5 Å². The number of benzene rings is 1. The summed E-state index contributed by atoms with van der Waals surface area (Å²) in [5.74, 6) is 0.0659. The lowest BCUT2D eigenvalue weighted by atomic mass is 9.76. The molecule has 0 amide bonds. The first-order valence-corrected chi connectivity index (χ1v) is 13.5. The molecule has 1 fully saturated rings. The van der Waals surface area contributed by atoms with E-state index in [1.165, 1.54) is 0 Å². The highest BCUT2D eigenvalue weighted by atomic mass is 16.6. The highest BCUT2D eigenvalue weighted by Gasteiger charge is 2.48. The van der Waals surface area contributed by atoms with E-state index in [-0.39, 0.29) is 41.9 Å². The molecule has 1 unspecified atom stereocenters. The quantitative estimate of drug-likeness (QED) is 0.244. The topological polar surface area (TPSA) is 131 Å². The van der Waals surface area contributed by atoms with Gasteiger partial charge in [-0.15, -0.1) is 0 Å². The van der Waals surface area contributed by atoms with Gasteiger partial charge in [-0.05, 0) is 89.0 Å². The number of cyclic esters (lactones) is 1.